The van der Waals surface area contributed by atoms with E-state index in [0.29, 0.717) is 11.7 Å². The molecule has 0 bridgehead atoms. The first-order chi connectivity index (χ1) is 9.83. The highest BCUT2D eigenvalue weighted by Gasteiger charge is 2.08. The predicted molar refractivity (Wildman–Crippen MR) is 82.7 cm³/mol. The number of hydrogen-bond donors (Lipinski definition) is 1. The van der Waals surface area contributed by atoms with Gasteiger partial charge in [-0.05, 0) is 49.4 Å². The molecule has 2 N–H and O–H groups in total. The summed E-state index contributed by atoms with van der Waals surface area (Å²) in [5.41, 5.74) is 6.47. The highest BCUT2D eigenvalue weighted by molar-refractivity contribution is 7.99. The zero-order chi connectivity index (χ0) is 14.2. The molecule has 2 rings (SSSR count). The Morgan fingerprint density at radius 3 is 2.65 bits per heavy atom. The lowest BCUT2D eigenvalue weighted by Crippen LogP contribution is -1.98. The molecule has 0 aliphatic carbocycles. The lowest BCUT2D eigenvalue weighted by atomic mass is 10.2. The van der Waals surface area contributed by atoms with Crippen LogP contribution in [0.1, 0.15) is 32.1 Å². The van der Waals surface area contributed by atoms with E-state index in [-0.39, 0.29) is 0 Å². The van der Waals surface area contributed by atoms with Gasteiger partial charge in [-0.1, -0.05) is 18.5 Å². The number of aryl methyl sites for hydroxylation is 1. The Hall–Kier alpha value is -1.33. The summed E-state index contributed by atoms with van der Waals surface area (Å²) in [6.45, 7) is 2.89. The Morgan fingerprint density at radius 1 is 1.15 bits per heavy atom. The van der Waals surface area contributed by atoms with Crippen molar-refractivity contribution < 1.29 is 4.52 Å². The molecule has 0 amide bonds. The van der Waals surface area contributed by atoms with Gasteiger partial charge in [0.05, 0.1) is 0 Å². The molecule has 0 atom stereocenters. The highest BCUT2D eigenvalue weighted by atomic mass is 32.2. The molecule has 0 saturated heterocycles. The van der Waals surface area contributed by atoms with E-state index in [9.17, 15) is 0 Å². The third kappa shape index (κ3) is 4.35. The van der Waals surface area contributed by atoms with Gasteiger partial charge < -0.3 is 10.3 Å². The zero-order valence-corrected chi connectivity index (χ0v) is 12.7. The van der Waals surface area contributed by atoms with E-state index in [1.165, 1.54) is 4.90 Å². The molecule has 0 fully saturated rings. The van der Waals surface area contributed by atoms with Crippen LogP contribution >= 0.6 is 11.8 Å². The Morgan fingerprint density at radius 2 is 1.95 bits per heavy atom. The Bertz CT molecular complexity index is 510. The lowest BCUT2D eigenvalue weighted by Gasteiger charge is -1.98. The fraction of sp³-hybridized carbons (Fsp3) is 0.467. The molecule has 1 aromatic carbocycles. The van der Waals surface area contributed by atoms with Crippen molar-refractivity contribution in [2.24, 2.45) is 5.73 Å². The number of nitrogens with two attached hydrogens (primary N) is 1. The van der Waals surface area contributed by atoms with Gasteiger partial charge in [0.1, 0.15) is 0 Å². The van der Waals surface area contributed by atoms with Crippen LogP contribution in [0.3, 0.4) is 0 Å². The number of aromatic nitrogens is 2. The summed E-state index contributed by atoms with van der Waals surface area (Å²) in [5.74, 6) is 2.46. The molecule has 0 aliphatic rings. The van der Waals surface area contributed by atoms with E-state index in [2.05, 4.69) is 29.2 Å². The van der Waals surface area contributed by atoms with Gasteiger partial charge in [-0.15, -0.1) is 11.8 Å². The van der Waals surface area contributed by atoms with Crippen LogP contribution in [0.15, 0.2) is 33.7 Å². The topological polar surface area (TPSA) is 64.9 Å². The summed E-state index contributed by atoms with van der Waals surface area (Å²) in [7, 11) is 0. The molecular formula is C15H21N3OS. The van der Waals surface area contributed by atoms with Crippen molar-refractivity contribution in [3.05, 3.63) is 30.2 Å². The van der Waals surface area contributed by atoms with Crippen LogP contribution in [0, 0.1) is 0 Å². The number of nitrogens with zero attached hydrogens (tertiary/aromatic N) is 2. The summed E-state index contributed by atoms with van der Waals surface area (Å²) in [4.78, 5) is 5.70. The standard InChI is InChI=1S/C15H21N3OS/c1-2-20-13-9-7-12(8-10-13)15-17-14(19-18-15)6-4-3-5-11-16/h7-10H,2-6,11,16H2,1H3. The van der Waals surface area contributed by atoms with Crippen molar-refractivity contribution in [1.82, 2.24) is 10.1 Å². The average molecular weight is 291 g/mol. The van der Waals surface area contributed by atoms with Crippen molar-refractivity contribution in [3.63, 3.8) is 0 Å². The predicted octanol–water partition coefficient (Wildman–Crippen LogP) is 3.52. The number of thioether (sulfide) groups is 1. The minimum Gasteiger partial charge on any atom is -0.339 e. The van der Waals surface area contributed by atoms with Crippen molar-refractivity contribution in [3.8, 4) is 11.4 Å². The summed E-state index contributed by atoms with van der Waals surface area (Å²) in [6, 6.07) is 8.28. The van der Waals surface area contributed by atoms with Crippen molar-refractivity contribution in [1.29, 1.82) is 0 Å². The maximum absolute atomic E-state index is 5.47. The molecule has 2 aromatic rings. The monoisotopic (exact) mass is 291 g/mol. The molecule has 1 heterocycles. The van der Waals surface area contributed by atoms with Crippen LogP contribution in [0.2, 0.25) is 0 Å². The fourth-order valence-corrected chi connectivity index (χ4v) is 2.60. The van der Waals surface area contributed by atoms with Crippen LogP contribution in [0.4, 0.5) is 0 Å². The maximum atomic E-state index is 5.47. The molecular weight excluding hydrogens is 270 g/mol. The molecule has 4 nitrogen and oxygen atoms in total. The lowest BCUT2D eigenvalue weighted by molar-refractivity contribution is 0.374. The minimum absolute atomic E-state index is 0.673. The van der Waals surface area contributed by atoms with Gasteiger partial charge in [-0.3, -0.25) is 0 Å². The second-order valence-electron chi connectivity index (χ2n) is 4.57. The van der Waals surface area contributed by atoms with Gasteiger partial charge in [-0.2, -0.15) is 4.98 Å². The Balaban J connectivity index is 1.93. The molecule has 0 unspecified atom stereocenters. The van der Waals surface area contributed by atoms with E-state index in [1.807, 2.05) is 23.9 Å². The van der Waals surface area contributed by atoms with E-state index in [4.69, 9.17) is 10.3 Å². The second-order valence-corrected chi connectivity index (χ2v) is 5.91. The van der Waals surface area contributed by atoms with Crippen molar-refractivity contribution >= 4 is 11.8 Å². The zero-order valence-electron chi connectivity index (χ0n) is 11.8. The van der Waals surface area contributed by atoms with E-state index in [0.717, 1.165) is 43.5 Å². The van der Waals surface area contributed by atoms with Crippen molar-refractivity contribution in [2.45, 2.75) is 37.5 Å². The SMILES string of the molecule is CCSc1ccc(-c2noc(CCCCCN)n2)cc1. The first-order valence-electron chi connectivity index (χ1n) is 7.09. The number of hydrogen-bond acceptors (Lipinski definition) is 5. The first kappa shape index (κ1) is 15.1. The minimum atomic E-state index is 0.673. The Kier molecular flexibility index (Phi) is 6.08. The van der Waals surface area contributed by atoms with Gasteiger partial charge in [0.25, 0.3) is 0 Å². The van der Waals surface area contributed by atoms with Crippen LogP contribution < -0.4 is 5.73 Å². The molecule has 0 saturated carbocycles. The molecule has 0 spiro atoms. The van der Waals surface area contributed by atoms with Crippen LogP contribution in [0.25, 0.3) is 11.4 Å². The molecule has 108 valence electrons. The summed E-state index contributed by atoms with van der Waals surface area (Å²) >= 11 is 1.83. The van der Waals surface area contributed by atoms with Gasteiger partial charge in [-0.25, -0.2) is 0 Å². The molecule has 0 radical (unpaired) electrons. The van der Waals surface area contributed by atoms with Crippen LogP contribution in [-0.2, 0) is 6.42 Å². The normalized spacial score (nSPS) is 10.9. The van der Waals surface area contributed by atoms with E-state index < -0.39 is 0 Å². The van der Waals surface area contributed by atoms with Gasteiger partial charge >= 0.3 is 0 Å². The first-order valence-corrected chi connectivity index (χ1v) is 8.08. The third-order valence-electron chi connectivity index (χ3n) is 2.99. The van der Waals surface area contributed by atoms with Gasteiger partial charge in [0.15, 0.2) is 0 Å². The molecule has 0 aliphatic heterocycles. The quantitative estimate of drug-likeness (QED) is 0.595. The van der Waals surface area contributed by atoms with E-state index in [1.54, 1.807) is 0 Å². The summed E-state index contributed by atoms with van der Waals surface area (Å²) in [6.07, 6.45) is 4.04. The van der Waals surface area contributed by atoms with Gasteiger partial charge in [0.2, 0.25) is 11.7 Å². The van der Waals surface area contributed by atoms with Gasteiger partial charge in [0, 0.05) is 16.9 Å². The second kappa shape index (κ2) is 8.07. The van der Waals surface area contributed by atoms with Crippen molar-refractivity contribution in [2.75, 3.05) is 12.3 Å². The van der Waals surface area contributed by atoms with Crippen LogP contribution in [-0.4, -0.2) is 22.4 Å². The number of rotatable bonds is 8. The van der Waals surface area contributed by atoms with Crippen LogP contribution in [0.5, 0.6) is 0 Å². The molecule has 20 heavy (non-hydrogen) atoms. The fourth-order valence-electron chi connectivity index (χ4n) is 1.94. The Labute approximate surface area is 124 Å². The summed E-state index contributed by atoms with van der Waals surface area (Å²) < 4.78 is 5.28. The number of benzene rings is 1. The highest BCUT2D eigenvalue weighted by Crippen LogP contribution is 2.22. The smallest absolute Gasteiger partial charge is 0.226 e. The molecule has 5 heteroatoms. The molecule has 1 aromatic heterocycles. The largest absolute Gasteiger partial charge is 0.339 e. The maximum Gasteiger partial charge on any atom is 0.226 e. The average Bonchev–Trinajstić information content (AvgIpc) is 2.94. The summed E-state index contributed by atoms with van der Waals surface area (Å²) in [5, 5.41) is 4.04. The third-order valence-corrected chi connectivity index (χ3v) is 3.88. The number of unbranched alkanes of at least 4 members (excludes halogenated alkanes) is 2. The van der Waals surface area contributed by atoms with E-state index >= 15 is 0 Å².